The van der Waals surface area contributed by atoms with E-state index in [1.54, 1.807) is 0 Å². The average molecular weight is 312 g/mol. The van der Waals surface area contributed by atoms with E-state index in [2.05, 4.69) is 11.9 Å². The quantitative estimate of drug-likeness (QED) is 0.431. The first-order valence-electron chi connectivity index (χ1n) is 5.80. The number of carbonyl (C=O) groups is 1. The molecule has 94 valence electrons. The van der Waals surface area contributed by atoms with Crippen LogP contribution in [0.25, 0.3) is 5.73 Å². The normalized spacial score (nSPS) is 9.88. The Morgan fingerprint density at radius 2 is 2.00 bits per heavy atom. The third-order valence-corrected chi connectivity index (χ3v) is 2.32. The van der Waals surface area contributed by atoms with Gasteiger partial charge in [-0.15, -0.1) is 13.1 Å². The molecule has 1 amide bonds. The third-order valence-electron chi connectivity index (χ3n) is 2.32. The zero-order valence-electron chi connectivity index (χ0n) is 11.5. The van der Waals surface area contributed by atoms with Gasteiger partial charge in [0, 0.05) is 19.5 Å². The first kappa shape index (κ1) is 20.3. The van der Waals surface area contributed by atoms with E-state index in [1.165, 1.54) is 0 Å². The van der Waals surface area contributed by atoms with Crippen LogP contribution in [0.1, 0.15) is 26.2 Å². The number of nitrogens with one attached hydrogen (secondary N) is 2. The third kappa shape index (κ3) is 14.9. The van der Waals surface area contributed by atoms with Crippen LogP contribution in [-0.2, 0) is 4.79 Å². The van der Waals surface area contributed by atoms with Crippen LogP contribution in [0.3, 0.4) is 0 Å². The van der Waals surface area contributed by atoms with Gasteiger partial charge in [0.2, 0.25) is 5.91 Å². The molecular weight excluding hydrogens is 288 g/mol. The summed E-state index contributed by atoms with van der Waals surface area (Å²) >= 11 is 0. The van der Waals surface area contributed by atoms with Crippen molar-refractivity contribution < 1.29 is 63.0 Å². The number of amides is 1. The standard InChI is InChI=1S/C12H24N3O.Rb/c1-11(2)5-4-8-14-12(16)6-9-15(3)10-7-13;/h13H,1,4-10H2,2-3H3,(H,14,16);/q-1;+1. The van der Waals surface area contributed by atoms with E-state index in [1.807, 2.05) is 18.9 Å². The van der Waals surface area contributed by atoms with Crippen molar-refractivity contribution in [2.45, 2.75) is 26.2 Å². The van der Waals surface area contributed by atoms with Crippen LogP contribution in [0.5, 0.6) is 0 Å². The van der Waals surface area contributed by atoms with Crippen molar-refractivity contribution in [1.82, 2.24) is 10.2 Å². The van der Waals surface area contributed by atoms with Crippen LogP contribution in [0.4, 0.5) is 0 Å². The van der Waals surface area contributed by atoms with E-state index in [-0.39, 0.29) is 64.1 Å². The summed E-state index contributed by atoms with van der Waals surface area (Å²) in [6, 6.07) is 0. The smallest absolute Gasteiger partial charge is 0.676 e. The largest absolute Gasteiger partial charge is 1.00 e. The second-order valence-corrected chi connectivity index (χ2v) is 4.21. The van der Waals surface area contributed by atoms with Crippen molar-refractivity contribution >= 4 is 5.91 Å². The van der Waals surface area contributed by atoms with Crippen molar-refractivity contribution in [1.29, 1.82) is 0 Å². The molecule has 0 aliphatic rings. The molecule has 0 aliphatic carbocycles. The maximum absolute atomic E-state index is 11.4. The van der Waals surface area contributed by atoms with Crippen molar-refractivity contribution in [3.63, 3.8) is 0 Å². The van der Waals surface area contributed by atoms with Crippen LogP contribution in [-0.4, -0.2) is 44.0 Å². The number of rotatable bonds is 9. The van der Waals surface area contributed by atoms with E-state index in [4.69, 9.17) is 5.73 Å². The van der Waals surface area contributed by atoms with Crippen LogP contribution in [0.15, 0.2) is 12.2 Å². The molecule has 17 heavy (non-hydrogen) atoms. The molecular formula is C12H24N3ORb. The van der Waals surface area contributed by atoms with E-state index in [0.29, 0.717) is 13.0 Å². The van der Waals surface area contributed by atoms with Gasteiger partial charge in [-0.2, -0.15) is 0 Å². The van der Waals surface area contributed by atoms with Crippen molar-refractivity contribution in [2.75, 3.05) is 33.2 Å². The average Bonchev–Trinajstić information content (AvgIpc) is 2.22. The molecule has 2 N–H and O–H groups in total. The first-order valence-corrected chi connectivity index (χ1v) is 5.80. The zero-order chi connectivity index (χ0) is 12.4. The molecule has 0 aromatic heterocycles. The Morgan fingerprint density at radius 1 is 1.35 bits per heavy atom. The topological polar surface area (TPSA) is 56.1 Å². The summed E-state index contributed by atoms with van der Waals surface area (Å²) in [6.45, 7) is 8.38. The summed E-state index contributed by atoms with van der Waals surface area (Å²) in [7, 11) is 1.93. The minimum Gasteiger partial charge on any atom is -0.676 e. The molecule has 0 saturated heterocycles. The molecule has 0 radical (unpaired) electrons. The second kappa shape index (κ2) is 13.4. The molecule has 0 spiro atoms. The van der Waals surface area contributed by atoms with Gasteiger partial charge in [-0.1, -0.05) is 5.57 Å². The number of allylic oxidation sites excluding steroid dienone is 1. The predicted molar refractivity (Wildman–Crippen MR) is 68.4 cm³/mol. The minimum atomic E-state index is 0. The molecule has 0 aliphatic heterocycles. The molecule has 0 unspecified atom stereocenters. The van der Waals surface area contributed by atoms with E-state index in [9.17, 15) is 4.79 Å². The summed E-state index contributed by atoms with van der Waals surface area (Å²) in [6.07, 6.45) is 2.45. The fourth-order valence-corrected chi connectivity index (χ4v) is 1.30. The van der Waals surface area contributed by atoms with Gasteiger partial charge in [-0.3, -0.25) is 4.79 Å². The predicted octanol–water partition coefficient (Wildman–Crippen LogP) is -1.16. The van der Waals surface area contributed by atoms with E-state index in [0.717, 1.165) is 38.0 Å². The SMILES string of the molecule is C=C(C)CCCNC(=O)CCN(C)CC[NH-].[Rb+]. The van der Waals surface area contributed by atoms with Gasteiger partial charge >= 0.3 is 58.2 Å². The molecule has 0 aromatic carbocycles. The van der Waals surface area contributed by atoms with Crippen LogP contribution in [0.2, 0.25) is 0 Å². The summed E-state index contributed by atoms with van der Waals surface area (Å²) in [5.74, 6) is 0.0959. The number of nitrogens with zero attached hydrogens (tertiary/aromatic N) is 1. The fraction of sp³-hybridized carbons (Fsp3) is 0.750. The van der Waals surface area contributed by atoms with Crippen LogP contribution in [0, 0.1) is 0 Å². The number of hydrogen-bond donors (Lipinski definition) is 1. The monoisotopic (exact) mass is 311 g/mol. The molecule has 0 rings (SSSR count). The number of likely N-dealkylation sites (N-methyl/N-ethyl adjacent to an activating group) is 1. The van der Waals surface area contributed by atoms with Gasteiger partial charge in [0.05, 0.1) is 0 Å². The maximum atomic E-state index is 11.4. The van der Waals surface area contributed by atoms with Gasteiger partial charge in [-0.25, -0.2) is 0 Å². The van der Waals surface area contributed by atoms with E-state index >= 15 is 0 Å². The number of hydrogen-bond acceptors (Lipinski definition) is 2. The Hall–Kier alpha value is 0.935. The Balaban J connectivity index is 0. The van der Waals surface area contributed by atoms with Gasteiger partial charge in [0.1, 0.15) is 0 Å². The molecule has 0 aromatic rings. The van der Waals surface area contributed by atoms with Crippen molar-refractivity contribution in [3.05, 3.63) is 17.9 Å². The Bertz CT molecular complexity index is 222. The summed E-state index contributed by atoms with van der Waals surface area (Å²) < 4.78 is 0. The summed E-state index contributed by atoms with van der Waals surface area (Å²) in [5, 5.41) is 2.88. The van der Waals surface area contributed by atoms with Crippen LogP contribution < -0.4 is 63.5 Å². The van der Waals surface area contributed by atoms with Crippen LogP contribution >= 0.6 is 0 Å². The van der Waals surface area contributed by atoms with Gasteiger partial charge < -0.3 is 16.0 Å². The molecule has 0 bridgehead atoms. The molecule has 5 heteroatoms. The summed E-state index contributed by atoms with van der Waals surface area (Å²) in [4.78, 5) is 13.4. The molecule has 4 nitrogen and oxygen atoms in total. The van der Waals surface area contributed by atoms with Crippen molar-refractivity contribution in [3.8, 4) is 0 Å². The molecule has 0 saturated carbocycles. The molecule has 0 atom stereocenters. The second-order valence-electron chi connectivity index (χ2n) is 4.21. The first-order chi connectivity index (χ1) is 7.56. The molecule has 0 heterocycles. The van der Waals surface area contributed by atoms with Gasteiger partial charge in [0.25, 0.3) is 0 Å². The van der Waals surface area contributed by atoms with Gasteiger partial charge in [0.15, 0.2) is 0 Å². The van der Waals surface area contributed by atoms with Gasteiger partial charge in [-0.05, 0) is 33.4 Å². The van der Waals surface area contributed by atoms with E-state index < -0.39 is 0 Å². The van der Waals surface area contributed by atoms with Crippen molar-refractivity contribution in [2.24, 2.45) is 0 Å². The number of carbonyl (C=O) groups excluding carboxylic acids is 1. The minimum absolute atomic E-state index is 0. The fourth-order valence-electron chi connectivity index (χ4n) is 1.30. The zero-order valence-corrected chi connectivity index (χ0v) is 16.4. The maximum Gasteiger partial charge on any atom is 1.00 e. The Labute approximate surface area is 154 Å². The summed E-state index contributed by atoms with van der Waals surface area (Å²) in [5.41, 5.74) is 8.20. The Kier molecular flexibility index (Phi) is 15.9. The Morgan fingerprint density at radius 3 is 2.53 bits per heavy atom. The molecule has 0 fully saturated rings.